The average molecular weight is 404 g/mol. The van der Waals surface area contributed by atoms with Crippen LogP contribution in [-0.2, 0) is 9.53 Å². The minimum Gasteiger partial charge on any atom is -0.462 e. The second kappa shape index (κ2) is 7.91. The van der Waals surface area contributed by atoms with Gasteiger partial charge in [0, 0.05) is 17.3 Å². The fraction of sp³-hybridized carbons (Fsp3) is 0.417. The highest BCUT2D eigenvalue weighted by Crippen LogP contribution is 2.40. The van der Waals surface area contributed by atoms with Crippen LogP contribution in [0.4, 0.5) is 0 Å². The monoisotopic (exact) mass is 404 g/mol. The standard InChI is InChI=1S/C24H24N2O4/c1-13-11-19(27)17-9-6-10-18(23(17)30-13)21-20(14(2)26-15(3)22(21)25-4)24(28)29-12-16-7-5-8-16/h6,9-11,16,21-22H,5,7-8,12H2,1-3H3. The van der Waals surface area contributed by atoms with Crippen molar-refractivity contribution >= 4 is 22.7 Å². The molecule has 2 atom stereocenters. The molecule has 0 N–H and O–H groups in total. The van der Waals surface area contributed by atoms with E-state index in [1.54, 1.807) is 32.9 Å². The van der Waals surface area contributed by atoms with Gasteiger partial charge in [-0.25, -0.2) is 11.4 Å². The van der Waals surface area contributed by atoms with E-state index < -0.39 is 17.9 Å². The van der Waals surface area contributed by atoms with Gasteiger partial charge in [-0.3, -0.25) is 9.79 Å². The molecule has 1 fully saturated rings. The Hall–Kier alpha value is -3.20. The van der Waals surface area contributed by atoms with Gasteiger partial charge in [0.1, 0.15) is 17.3 Å². The van der Waals surface area contributed by atoms with Crippen molar-refractivity contribution in [1.29, 1.82) is 0 Å². The molecule has 2 aromatic rings. The number of allylic oxidation sites excluding steroid dienone is 1. The summed E-state index contributed by atoms with van der Waals surface area (Å²) in [6.07, 6.45) is 3.32. The van der Waals surface area contributed by atoms with Gasteiger partial charge in [-0.15, -0.1) is 0 Å². The van der Waals surface area contributed by atoms with Gasteiger partial charge in [-0.2, -0.15) is 0 Å². The summed E-state index contributed by atoms with van der Waals surface area (Å²) in [4.78, 5) is 33.9. The summed E-state index contributed by atoms with van der Waals surface area (Å²) in [6, 6.07) is 6.06. The SMILES string of the molecule is [C-]#[N+]C1C(C)=NC(C)=C(C(=O)OCC2CCC2)C1c1cccc2c(=O)cc(C)oc12. The highest BCUT2D eigenvalue weighted by atomic mass is 16.5. The molecule has 0 spiro atoms. The lowest BCUT2D eigenvalue weighted by molar-refractivity contribution is -0.141. The average Bonchev–Trinajstić information content (AvgIpc) is 2.65. The number of nitrogens with zero attached hydrogens (tertiary/aromatic N) is 2. The number of ether oxygens (including phenoxy) is 1. The number of aryl methyl sites for hydroxylation is 1. The number of rotatable bonds is 4. The van der Waals surface area contributed by atoms with Crippen LogP contribution in [0, 0.1) is 19.4 Å². The second-order valence-electron chi connectivity index (χ2n) is 8.14. The minimum absolute atomic E-state index is 0.147. The van der Waals surface area contributed by atoms with Gasteiger partial charge in [0.15, 0.2) is 5.43 Å². The number of esters is 1. The number of hydrogen-bond donors (Lipinski definition) is 0. The lowest BCUT2D eigenvalue weighted by Crippen LogP contribution is -2.33. The Labute approximate surface area is 175 Å². The van der Waals surface area contributed by atoms with Gasteiger partial charge in [-0.1, -0.05) is 18.6 Å². The Kier molecular flexibility index (Phi) is 5.29. The van der Waals surface area contributed by atoms with Gasteiger partial charge in [0.25, 0.3) is 6.04 Å². The largest absolute Gasteiger partial charge is 0.462 e. The zero-order valence-corrected chi connectivity index (χ0v) is 17.4. The van der Waals surface area contributed by atoms with Crippen LogP contribution < -0.4 is 5.43 Å². The summed E-state index contributed by atoms with van der Waals surface area (Å²) in [7, 11) is 0. The quantitative estimate of drug-likeness (QED) is 0.553. The van der Waals surface area contributed by atoms with Crippen LogP contribution in [-0.4, -0.2) is 24.3 Å². The molecule has 1 aromatic heterocycles. The first-order valence-corrected chi connectivity index (χ1v) is 10.2. The number of fused-ring (bicyclic) bond motifs is 1. The van der Waals surface area contributed by atoms with Crippen molar-refractivity contribution in [2.45, 2.75) is 52.0 Å². The molecule has 2 aliphatic rings. The van der Waals surface area contributed by atoms with Crippen LogP contribution >= 0.6 is 0 Å². The maximum absolute atomic E-state index is 13.1. The third kappa shape index (κ3) is 3.45. The van der Waals surface area contributed by atoms with Crippen molar-refractivity contribution in [2.24, 2.45) is 10.9 Å². The van der Waals surface area contributed by atoms with E-state index in [1.165, 1.54) is 12.5 Å². The van der Waals surface area contributed by atoms with E-state index in [0.717, 1.165) is 12.8 Å². The lowest BCUT2D eigenvalue weighted by atomic mass is 9.79. The van der Waals surface area contributed by atoms with Gasteiger partial charge >= 0.3 is 5.97 Å². The lowest BCUT2D eigenvalue weighted by Gasteiger charge is -2.28. The van der Waals surface area contributed by atoms with Crippen molar-refractivity contribution in [1.82, 2.24) is 0 Å². The molecule has 154 valence electrons. The first kappa shape index (κ1) is 20.1. The van der Waals surface area contributed by atoms with E-state index in [-0.39, 0.29) is 5.43 Å². The van der Waals surface area contributed by atoms with Gasteiger partial charge in [0.05, 0.1) is 23.3 Å². The molecule has 2 unspecified atom stereocenters. The highest BCUT2D eigenvalue weighted by Gasteiger charge is 2.43. The summed E-state index contributed by atoms with van der Waals surface area (Å²) in [5, 5.41) is 0.432. The van der Waals surface area contributed by atoms with E-state index in [0.29, 0.717) is 51.8 Å². The zero-order chi connectivity index (χ0) is 21.4. The van der Waals surface area contributed by atoms with Gasteiger partial charge in [-0.05, 0) is 45.6 Å². The number of aliphatic imine (C=N–C) groups is 1. The molecule has 0 radical (unpaired) electrons. The van der Waals surface area contributed by atoms with Crippen LogP contribution in [0.5, 0.6) is 0 Å². The van der Waals surface area contributed by atoms with Crippen molar-refractivity contribution < 1.29 is 13.9 Å². The van der Waals surface area contributed by atoms with E-state index in [9.17, 15) is 9.59 Å². The Bertz CT molecular complexity index is 1180. The smallest absolute Gasteiger partial charge is 0.336 e. The number of carbonyl (C=O) groups is 1. The van der Waals surface area contributed by atoms with Crippen LogP contribution in [0.3, 0.4) is 0 Å². The topological polar surface area (TPSA) is 73.2 Å². The van der Waals surface area contributed by atoms with E-state index >= 15 is 0 Å². The summed E-state index contributed by atoms with van der Waals surface area (Å²) in [5.41, 5.74) is 2.45. The van der Waals surface area contributed by atoms with Crippen LogP contribution in [0.1, 0.15) is 50.4 Å². The molecule has 1 aliphatic heterocycles. The third-order valence-corrected chi connectivity index (χ3v) is 6.07. The second-order valence-corrected chi connectivity index (χ2v) is 8.14. The van der Waals surface area contributed by atoms with Gasteiger partial charge < -0.3 is 14.0 Å². The van der Waals surface area contributed by atoms with Crippen molar-refractivity contribution in [2.75, 3.05) is 6.61 Å². The number of benzene rings is 1. The van der Waals surface area contributed by atoms with Crippen LogP contribution in [0.25, 0.3) is 15.8 Å². The predicted octanol–water partition coefficient (Wildman–Crippen LogP) is 4.56. The van der Waals surface area contributed by atoms with E-state index in [1.807, 2.05) is 6.07 Å². The maximum Gasteiger partial charge on any atom is 0.336 e. The zero-order valence-electron chi connectivity index (χ0n) is 17.4. The van der Waals surface area contributed by atoms with Crippen LogP contribution in [0.2, 0.25) is 0 Å². The molecule has 4 rings (SSSR count). The molecular formula is C24H24N2O4. The fourth-order valence-electron chi connectivity index (χ4n) is 4.27. The Balaban J connectivity index is 1.85. The van der Waals surface area contributed by atoms with Crippen LogP contribution in [0.15, 0.2) is 49.7 Å². The molecule has 6 heteroatoms. The number of para-hydroxylation sites is 1. The summed E-state index contributed by atoms with van der Waals surface area (Å²) in [6.45, 7) is 13.4. The molecule has 6 nitrogen and oxygen atoms in total. The third-order valence-electron chi connectivity index (χ3n) is 6.07. The van der Waals surface area contributed by atoms with Crippen molar-refractivity contribution in [3.8, 4) is 0 Å². The number of hydrogen-bond acceptors (Lipinski definition) is 5. The molecule has 0 bridgehead atoms. The molecule has 0 saturated heterocycles. The Morgan fingerprint density at radius 2 is 2.07 bits per heavy atom. The molecule has 30 heavy (non-hydrogen) atoms. The molecular weight excluding hydrogens is 380 g/mol. The predicted molar refractivity (Wildman–Crippen MR) is 114 cm³/mol. The molecule has 1 aromatic carbocycles. The van der Waals surface area contributed by atoms with E-state index in [2.05, 4.69) is 9.84 Å². The molecule has 0 amide bonds. The van der Waals surface area contributed by atoms with Gasteiger partial charge in [0.2, 0.25) is 0 Å². The first-order chi connectivity index (χ1) is 14.4. The molecule has 1 aliphatic carbocycles. The van der Waals surface area contributed by atoms with E-state index in [4.69, 9.17) is 15.7 Å². The Morgan fingerprint density at radius 1 is 1.30 bits per heavy atom. The Morgan fingerprint density at radius 3 is 2.73 bits per heavy atom. The fourth-order valence-corrected chi connectivity index (χ4v) is 4.27. The molecule has 1 saturated carbocycles. The summed E-state index contributed by atoms with van der Waals surface area (Å²) in [5.74, 6) is -0.156. The molecule has 2 heterocycles. The first-order valence-electron chi connectivity index (χ1n) is 10.2. The maximum atomic E-state index is 13.1. The summed E-state index contributed by atoms with van der Waals surface area (Å²) >= 11 is 0. The normalized spacial score (nSPS) is 21.7. The van der Waals surface area contributed by atoms with Crippen molar-refractivity contribution in [3.63, 3.8) is 0 Å². The minimum atomic E-state index is -0.670. The summed E-state index contributed by atoms with van der Waals surface area (Å²) < 4.78 is 11.6. The van der Waals surface area contributed by atoms with Crippen molar-refractivity contribution in [3.05, 3.63) is 68.5 Å². The highest BCUT2D eigenvalue weighted by molar-refractivity contribution is 6.01. The number of carbonyl (C=O) groups excluding carboxylic acids is 1.